The normalized spacial score (nSPS) is 11.2. The first-order chi connectivity index (χ1) is 8.16. The average Bonchev–Trinajstić information content (AvgIpc) is 2.82. The first kappa shape index (κ1) is 10.5. The van der Waals surface area contributed by atoms with Gasteiger partial charge in [0.15, 0.2) is 5.82 Å². The molecule has 0 fully saturated rings. The molecule has 0 spiro atoms. The van der Waals surface area contributed by atoms with Crippen LogP contribution in [0.15, 0.2) is 23.6 Å². The molecule has 1 aromatic carbocycles. The van der Waals surface area contributed by atoms with Crippen molar-refractivity contribution < 1.29 is 4.39 Å². The first-order valence-corrected chi connectivity index (χ1v) is 5.96. The minimum absolute atomic E-state index is 0.199. The number of thiazole rings is 1. The third-order valence-corrected chi connectivity index (χ3v) is 3.44. The summed E-state index contributed by atoms with van der Waals surface area (Å²) in [5, 5.41) is 6.13. The van der Waals surface area contributed by atoms with Crippen LogP contribution in [0.1, 0.15) is 0 Å². The molecule has 0 saturated carbocycles. The number of nitrogens with zero attached hydrogens (tertiary/aromatic N) is 3. The highest BCUT2D eigenvalue weighted by Gasteiger charge is 2.16. The van der Waals surface area contributed by atoms with E-state index in [1.807, 2.05) is 0 Å². The topological polar surface area (TPSA) is 56.2 Å². The van der Waals surface area contributed by atoms with Crippen LogP contribution >= 0.6 is 22.9 Å². The highest BCUT2D eigenvalue weighted by molar-refractivity contribution is 7.15. The maximum absolute atomic E-state index is 13.7. The van der Waals surface area contributed by atoms with E-state index in [4.69, 9.17) is 17.3 Å². The number of fused-ring (bicyclic) bond motifs is 1. The quantitative estimate of drug-likeness (QED) is 0.738. The number of hydrogen-bond donors (Lipinski definition) is 1. The van der Waals surface area contributed by atoms with E-state index in [1.54, 1.807) is 11.4 Å². The number of halogens is 2. The van der Waals surface area contributed by atoms with Crippen LogP contribution in [-0.2, 0) is 0 Å². The average molecular weight is 269 g/mol. The van der Waals surface area contributed by atoms with E-state index in [-0.39, 0.29) is 16.4 Å². The van der Waals surface area contributed by atoms with Crippen molar-refractivity contribution in [2.75, 3.05) is 5.73 Å². The highest BCUT2D eigenvalue weighted by Crippen LogP contribution is 2.29. The van der Waals surface area contributed by atoms with Gasteiger partial charge in [0.2, 0.25) is 4.96 Å². The molecule has 0 radical (unpaired) electrons. The van der Waals surface area contributed by atoms with Gasteiger partial charge in [-0.1, -0.05) is 17.7 Å². The van der Waals surface area contributed by atoms with Crippen molar-refractivity contribution in [1.82, 2.24) is 14.6 Å². The summed E-state index contributed by atoms with van der Waals surface area (Å²) in [5.41, 5.74) is 5.89. The van der Waals surface area contributed by atoms with Gasteiger partial charge in [-0.3, -0.25) is 0 Å². The molecule has 0 atom stereocenters. The summed E-state index contributed by atoms with van der Waals surface area (Å²) < 4.78 is 15.1. The standard InChI is InChI=1S/C10H6ClFN4S/c11-5-2-1-3-6(12)8(5)9-14-10-16(15-9)7(13)4-17-10/h1-4H,13H2. The van der Waals surface area contributed by atoms with Crippen LogP contribution < -0.4 is 5.73 Å². The lowest BCUT2D eigenvalue weighted by molar-refractivity contribution is 0.630. The molecule has 0 aliphatic rings. The molecule has 0 bridgehead atoms. The molecule has 17 heavy (non-hydrogen) atoms. The predicted molar refractivity (Wildman–Crippen MR) is 65.7 cm³/mol. The smallest absolute Gasteiger partial charge is 0.214 e. The molecule has 2 N–H and O–H groups in total. The summed E-state index contributed by atoms with van der Waals surface area (Å²) in [7, 11) is 0. The van der Waals surface area contributed by atoms with Crippen LogP contribution in [0.4, 0.5) is 10.2 Å². The molecule has 0 unspecified atom stereocenters. The number of hydrogen-bond acceptors (Lipinski definition) is 4. The Balaban J connectivity index is 2.27. The first-order valence-electron chi connectivity index (χ1n) is 4.71. The maximum Gasteiger partial charge on any atom is 0.214 e. The van der Waals surface area contributed by atoms with Crippen molar-refractivity contribution in [2.24, 2.45) is 0 Å². The van der Waals surface area contributed by atoms with E-state index >= 15 is 0 Å². The third kappa shape index (κ3) is 1.57. The van der Waals surface area contributed by atoms with Gasteiger partial charge in [-0.05, 0) is 12.1 Å². The molecule has 7 heteroatoms. The Hall–Kier alpha value is -1.66. The Labute approximate surface area is 104 Å². The summed E-state index contributed by atoms with van der Waals surface area (Å²) in [5.74, 6) is 0.261. The van der Waals surface area contributed by atoms with Gasteiger partial charge in [0.25, 0.3) is 0 Å². The minimum atomic E-state index is -0.450. The molecule has 0 aliphatic carbocycles. The molecule has 2 aromatic heterocycles. The molecule has 0 amide bonds. The summed E-state index contributed by atoms with van der Waals surface area (Å²) in [4.78, 5) is 4.80. The SMILES string of the molecule is Nc1csc2nc(-c3c(F)cccc3Cl)nn12. The molecule has 2 heterocycles. The Morgan fingerprint density at radius 3 is 2.94 bits per heavy atom. The lowest BCUT2D eigenvalue weighted by atomic mass is 10.2. The van der Waals surface area contributed by atoms with E-state index in [9.17, 15) is 4.39 Å². The Morgan fingerprint density at radius 2 is 2.24 bits per heavy atom. The van der Waals surface area contributed by atoms with Crippen LogP contribution in [-0.4, -0.2) is 14.6 Å². The second-order valence-corrected chi connectivity index (χ2v) is 4.63. The van der Waals surface area contributed by atoms with Gasteiger partial charge in [-0.2, -0.15) is 9.50 Å². The van der Waals surface area contributed by atoms with Crippen molar-refractivity contribution in [2.45, 2.75) is 0 Å². The van der Waals surface area contributed by atoms with E-state index in [1.165, 1.54) is 28.0 Å². The number of benzene rings is 1. The second-order valence-electron chi connectivity index (χ2n) is 3.39. The molecule has 4 nitrogen and oxygen atoms in total. The largest absolute Gasteiger partial charge is 0.383 e. The van der Waals surface area contributed by atoms with Crippen LogP contribution in [0, 0.1) is 5.82 Å². The molecule has 3 aromatic rings. The Bertz CT molecular complexity index is 685. The van der Waals surface area contributed by atoms with Gasteiger partial charge in [0.1, 0.15) is 11.6 Å². The monoisotopic (exact) mass is 268 g/mol. The maximum atomic E-state index is 13.7. The van der Waals surface area contributed by atoms with E-state index < -0.39 is 5.82 Å². The Kier molecular flexibility index (Phi) is 2.27. The lowest BCUT2D eigenvalue weighted by Crippen LogP contribution is -1.93. The van der Waals surface area contributed by atoms with Gasteiger partial charge in [0, 0.05) is 5.38 Å². The fraction of sp³-hybridized carbons (Fsp3) is 0. The third-order valence-electron chi connectivity index (χ3n) is 2.29. The van der Waals surface area contributed by atoms with E-state index in [0.29, 0.717) is 10.8 Å². The zero-order valence-corrected chi connectivity index (χ0v) is 9.96. The van der Waals surface area contributed by atoms with Crippen molar-refractivity contribution in [3.05, 3.63) is 34.4 Å². The van der Waals surface area contributed by atoms with Gasteiger partial charge >= 0.3 is 0 Å². The predicted octanol–water partition coefficient (Wildman–Crippen LogP) is 2.83. The summed E-state index contributed by atoms with van der Waals surface area (Å²) >= 11 is 7.28. The zero-order chi connectivity index (χ0) is 12.0. The molecule has 3 rings (SSSR count). The molecular weight excluding hydrogens is 263 g/mol. The van der Waals surface area contributed by atoms with Crippen molar-refractivity contribution in [3.63, 3.8) is 0 Å². The van der Waals surface area contributed by atoms with Crippen LogP contribution in [0.25, 0.3) is 16.3 Å². The minimum Gasteiger partial charge on any atom is -0.383 e. The van der Waals surface area contributed by atoms with Gasteiger partial charge in [-0.15, -0.1) is 16.4 Å². The van der Waals surface area contributed by atoms with Gasteiger partial charge in [-0.25, -0.2) is 4.39 Å². The van der Waals surface area contributed by atoms with Crippen molar-refractivity contribution in [1.29, 1.82) is 0 Å². The van der Waals surface area contributed by atoms with Gasteiger partial charge < -0.3 is 5.73 Å². The van der Waals surface area contributed by atoms with E-state index in [0.717, 1.165) is 0 Å². The molecule has 0 aliphatic heterocycles. The molecule has 86 valence electrons. The number of aromatic nitrogens is 3. The number of nitrogens with two attached hydrogens (primary N) is 1. The highest BCUT2D eigenvalue weighted by atomic mass is 35.5. The summed E-state index contributed by atoms with van der Waals surface area (Å²) in [6.45, 7) is 0. The fourth-order valence-corrected chi connectivity index (χ4v) is 2.48. The lowest BCUT2D eigenvalue weighted by Gasteiger charge is -1.99. The number of nitrogen functional groups attached to an aromatic ring is 1. The van der Waals surface area contributed by atoms with Crippen LogP contribution in [0.5, 0.6) is 0 Å². The Morgan fingerprint density at radius 1 is 1.41 bits per heavy atom. The molecule has 0 saturated heterocycles. The zero-order valence-electron chi connectivity index (χ0n) is 8.39. The van der Waals surface area contributed by atoms with E-state index in [2.05, 4.69) is 10.1 Å². The second kappa shape index (κ2) is 3.68. The number of rotatable bonds is 1. The van der Waals surface area contributed by atoms with Crippen LogP contribution in [0.2, 0.25) is 5.02 Å². The summed E-state index contributed by atoms with van der Waals surface area (Å²) in [6.07, 6.45) is 0. The van der Waals surface area contributed by atoms with Crippen LogP contribution in [0.3, 0.4) is 0 Å². The summed E-state index contributed by atoms with van der Waals surface area (Å²) in [6, 6.07) is 4.45. The van der Waals surface area contributed by atoms with Crippen molar-refractivity contribution in [3.8, 4) is 11.4 Å². The number of anilines is 1. The van der Waals surface area contributed by atoms with Crippen molar-refractivity contribution >= 4 is 33.7 Å². The van der Waals surface area contributed by atoms with Gasteiger partial charge in [0.05, 0.1) is 10.6 Å². The fourth-order valence-electron chi connectivity index (χ4n) is 1.52. The molecular formula is C10H6ClFN4S.